The van der Waals surface area contributed by atoms with Crippen molar-refractivity contribution in [2.75, 3.05) is 13.1 Å². The Balaban J connectivity index is 2.91. The summed E-state index contributed by atoms with van der Waals surface area (Å²) in [4.78, 5) is 2.46. The van der Waals surface area contributed by atoms with Crippen LogP contribution in [0.1, 0.15) is 58.7 Å². The maximum absolute atomic E-state index is 5.98. The van der Waals surface area contributed by atoms with E-state index in [-0.39, 0.29) is 6.04 Å². The van der Waals surface area contributed by atoms with Gasteiger partial charge >= 0.3 is 0 Å². The highest BCUT2D eigenvalue weighted by atomic mass is 15.3. The maximum atomic E-state index is 5.98. The van der Waals surface area contributed by atoms with E-state index in [1.54, 1.807) is 0 Å². The van der Waals surface area contributed by atoms with Gasteiger partial charge in [-0.25, -0.2) is 0 Å². The van der Waals surface area contributed by atoms with Crippen LogP contribution in [0.3, 0.4) is 0 Å². The van der Waals surface area contributed by atoms with E-state index in [9.17, 15) is 0 Å². The van der Waals surface area contributed by atoms with E-state index in [1.165, 1.54) is 5.56 Å². The van der Waals surface area contributed by atoms with Gasteiger partial charge < -0.3 is 5.73 Å². The van der Waals surface area contributed by atoms with Crippen molar-refractivity contribution in [3.8, 4) is 0 Å². The van der Waals surface area contributed by atoms with Crippen LogP contribution in [0, 0.1) is 0 Å². The van der Waals surface area contributed by atoms with Crippen LogP contribution in [-0.4, -0.2) is 33.8 Å². The molecule has 18 heavy (non-hydrogen) atoms. The smallest absolute Gasteiger partial charge is 0.0538 e. The highest BCUT2D eigenvalue weighted by molar-refractivity contribution is 5.12. The minimum absolute atomic E-state index is 0.275. The molecule has 1 aromatic heterocycles. The first-order chi connectivity index (χ1) is 8.51. The summed E-state index contributed by atoms with van der Waals surface area (Å²) in [5.74, 6) is 0. The lowest BCUT2D eigenvalue weighted by molar-refractivity contribution is 0.157. The van der Waals surface area contributed by atoms with Gasteiger partial charge in [-0.05, 0) is 40.7 Å². The molecule has 104 valence electrons. The van der Waals surface area contributed by atoms with Crippen LogP contribution >= 0.6 is 0 Å². The standard InChI is InChI=1S/C14H28N4/c1-6-7-17(11(2)3)14(8-15)13-9-16-18(10-13)12(4)5/h9-12,14H,6-8,15H2,1-5H3. The molecule has 0 spiro atoms. The number of hydrogen-bond acceptors (Lipinski definition) is 3. The van der Waals surface area contributed by atoms with Crippen molar-refractivity contribution >= 4 is 0 Å². The van der Waals surface area contributed by atoms with E-state index in [1.807, 2.05) is 10.9 Å². The fourth-order valence-corrected chi connectivity index (χ4v) is 2.30. The first kappa shape index (κ1) is 15.2. The topological polar surface area (TPSA) is 47.1 Å². The second-order valence-electron chi connectivity index (χ2n) is 5.43. The minimum Gasteiger partial charge on any atom is -0.329 e. The Labute approximate surface area is 111 Å². The molecule has 0 aromatic carbocycles. The van der Waals surface area contributed by atoms with Gasteiger partial charge in [0.15, 0.2) is 0 Å². The van der Waals surface area contributed by atoms with Gasteiger partial charge in [-0.2, -0.15) is 5.10 Å². The second-order valence-corrected chi connectivity index (χ2v) is 5.43. The van der Waals surface area contributed by atoms with E-state index in [2.05, 4.69) is 50.8 Å². The fraction of sp³-hybridized carbons (Fsp3) is 0.786. The van der Waals surface area contributed by atoms with E-state index in [0.29, 0.717) is 18.6 Å². The molecule has 0 amide bonds. The Morgan fingerprint density at radius 2 is 2.00 bits per heavy atom. The zero-order valence-electron chi connectivity index (χ0n) is 12.4. The van der Waals surface area contributed by atoms with Crippen LogP contribution in [0.15, 0.2) is 12.4 Å². The Morgan fingerprint density at radius 1 is 1.33 bits per heavy atom. The van der Waals surface area contributed by atoms with Crippen LogP contribution in [0.5, 0.6) is 0 Å². The van der Waals surface area contributed by atoms with Gasteiger partial charge in [0.25, 0.3) is 0 Å². The molecule has 4 nitrogen and oxygen atoms in total. The van der Waals surface area contributed by atoms with Crippen molar-refractivity contribution in [3.63, 3.8) is 0 Å². The number of nitrogens with zero attached hydrogens (tertiary/aromatic N) is 3. The summed E-state index contributed by atoms with van der Waals surface area (Å²) in [6.07, 6.45) is 5.24. The highest BCUT2D eigenvalue weighted by Gasteiger charge is 2.22. The van der Waals surface area contributed by atoms with Gasteiger partial charge in [0, 0.05) is 30.4 Å². The van der Waals surface area contributed by atoms with Crippen molar-refractivity contribution in [1.29, 1.82) is 0 Å². The van der Waals surface area contributed by atoms with E-state index < -0.39 is 0 Å². The molecule has 1 rings (SSSR count). The zero-order valence-corrected chi connectivity index (χ0v) is 12.4. The fourth-order valence-electron chi connectivity index (χ4n) is 2.30. The van der Waals surface area contributed by atoms with Crippen molar-refractivity contribution in [2.24, 2.45) is 5.73 Å². The van der Waals surface area contributed by atoms with E-state index >= 15 is 0 Å². The van der Waals surface area contributed by atoms with Crippen LogP contribution in [-0.2, 0) is 0 Å². The Bertz CT molecular complexity index is 343. The summed E-state index contributed by atoms with van der Waals surface area (Å²) in [5.41, 5.74) is 7.21. The molecule has 0 radical (unpaired) electrons. The summed E-state index contributed by atoms with van der Waals surface area (Å²) in [5, 5.41) is 4.42. The molecular weight excluding hydrogens is 224 g/mol. The number of nitrogens with two attached hydrogens (primary N) is 1. The number of aromatic nitrogens is 2. The third-order valence-corrected chi connectivity index (χ3v) is 3.30. The van der Waals surface area contributed by atoms with Gasteiger partial charge in [-0.15, -0.1) is 0 Å². The molecule has 0 saturated carbocycles. The second kappa shape index (κ2) is 6.90. The molecule has 0 bridgehead atoms. The Kier molecular flexibility index (Phi) is 5.82. The van der Waals surface area contributed by atoms with E-state index in [4.69, 9.17) is 5.73 Å². The molecule has 1 atom stereocenters. The summed E-state index contributed by atoms with van der Waals surface area (Å²) < 4.78 is 2.00. The normalized spacial score (nSPS) is 13.8. The van der Waals surface area contributed by atoms with Gasteiger partial charge in [0.1, 0.15) is 0 Å². The third kappa shape index (κ3) is 3.56. The van der Waals surface area contributed by atoms with Crippen LogP contribution < -0.4 is 5.73 Å². The maximum Gasteiger partial charge on any atom is 0.0538 e. The first-order valence-electron chi connectivity index (χ1n) is 7.01. The Hall–Kier alpha value is -0.870. The molecule has 0 aliphatic heterocycles. The molecule has 0 saturated heterocycles. The summed E-state index contributed by atoms with van der Waals surface area (Å²) in [6, 6.07) is 1.18. The molecule has 1 unspecified atom stereocenters. The van der Waals surface area contributed by atoms with Gasteiger partial charge in [-0.3, -0.25) is 9.58 Å². The predicted molar refractivity (Wildman–Crippen MR) is 76.5 cm³/mol. The monoisotopic (exact) mass is 252 g/mol. The molecule has 0 fully saturated rings. The van der Waals surface area contributed by atoms with Crippen molar-refractivity contribution in [2.45, 2.75) is 59.2 Å². The van der Waals surface area contributed by atoms with Crippen LogP contribution in [0.2, 0.25) is 0 Å². The lowest BCUT2D eigenvalue weighted by atomic mass is 10.1. The van der Waals surface area contributed by atoms with Gasteiger partial charge in [0.05, 0.1) is 12.2 Å². The van der Waals surface area contributed by atoms with Crippen LogP contribution in [0.4, 0.5) is 0 Å². The summed E-state index contributed by atoms with van der Waals surface area (Å²) >= 11 is 0. The molecular formula is C14H28N4. The SMILES string of the molecule is CCCN(C(C)C)C(CN)c1cnn(C(C)C)c1. The average Bonchev–Trinajstić information content (AvgIpc) is 2.78. The third-order valence-electron chi connectivity index (χ3n) is 3.30. The van der Waals surface area contributed by atoms with Gasteiger partial charge in [-0.1, -0.05) is 6.92 Å². The van der Waals surface area contributed by atoms with Crippen molar-refractivity contribution in [3.05, 3.63) is 18.0 Å². The van der Waals surface area contributed by atoms with Crippen LogP contribution in [0.25, 0.3) is 0 Å². The number of rotatable bonds is 7. The largest absolute Gasteiger partial charge is 0.329 e. The summed E-state index contributed by atoms with van der Waals surface area (Å²) in [7, 11) is 0. The predicted octanol–water partition coefficient (Wildman–Crippen LogP) is 2.58. The number of hydrogen-bond donors (Lipinski definition) is 1. The highest BCUT2D eigenvalue weighted by Crippen LogP contribution is 2.22. The quantitative estimate of drug-likeness (QED) is 0.811. The first-order valence-corrected chi connectivity index (χ1v) is 7.01. The minimum atomic E-state index is 0.275. The molecule has 0 aliphatic carbocycles. The molecule has 0 aliphatic rings. The lowest BCUT2D eigenvalue weighted by Gasteiger charge is -2.33. The van der Waals surface area contributed by atoms with Gasteiger partial charge in [0.2, 0.25) is 0 Å². The van der Waals surface area contributed by atoms with Crippen molar-refractivity contribution in [1.82, 2.24) is 14.7 Å². The molecule has 4 heteroatoms. The zero-order chi connectivity index (χ0) is 13.7. The summed E-state index contributed by atoms with van der Waals surface area (Å²) in [6.45, 7) is 12.7. The molecule has 1 heterocycles. The molecule has 2 N–H and O–H groups in total. The molecule has 1 aromatic rings. The van der Waals surface area contributed by atoms with E-state index in [0.717, 1.165) is 13.0 Å². The lowest BCUT2D eigenvalue weighted by Crippen LogP contribution is -2.39. The van der Waals surface area contributed by atoms with Crippen molar-refractivity contribution < 1.29 is 0 Å². The Morgan fingerprint density at radius 3 is 2.39 bits per heavy atom. The average molecular weight is 252 g/mol.